The highest BCUT2D eigenvalue weighted by Crippen LogP contribution is 2.31. The predicted molar refractivity (Wildman–Crippen MR) is 147 cm³/mol. The number of nitrogens with one attached hydrogen (secondary N) is 2. The maximum atomic E-state index is 13.8. The Morgan fingerprint density at radius 2 is 1.62 bits per heavy atom. The van der Waals surface area contributed by atoms with Crippen LogP contribution in [0.5, 0.6) is 11.5 Å². The van der Waals surface area contributed by atoms with E-state index in [0.29, 0.717) is 42.4 Å². The molecule has 1 amide bonds. The second kappa shape index (κ2) is 14.0. The lowest BCUT2D eigenvalue weighted by Crippen LogP contribution is -2.48. The molecule has 0 radical (unpaired) electrons. The summed E-state index contributed by atoms with van der Waals surface area (Å²) in [7, 11) is 0. The molecular formula is C31H34F2N2O5. The minimum absolute atomic E-state index is 0.00466. The van der Waals surface area contributed by atoms with Gasteiger partial charge >= 0.3 is 0 Å². The predicted octanol–water partition coefficient (Wildman–Crippen LogP) is 4.14. The van der Waals surface area contributed by atoms with Crippen LogP contribution in [0.2, 0.25) is 0 Å². The van der Waals surface area contributed by atoms with Gasteiger partial charge in [-0.15, -0.1) is 0 Å². The Labute approximate surface area is 232 Å². The Bertz CT molecular complexity index is 1310. The lowest BCUT2D eigenvalue weighted by molar-refractivity contribution is -0.122. The van der Waals surface area contributed by atoms with Gasteiger partial charge in [-0.25, -0.2) is 8.78 Å². The van der Waals surface area contributed by atoms with Crippen molar-refractivity contribution in [3.05, 3.63) is 94.6 Å². The Morgan fingerprint density at radius 1 is 0.900 bits per heavy atom. The molecule has 7 nitrogen and oxygen atoms in total. The Morgan fingerprint density at radius 3 is 2.38 bits per heavy atom. The second-order valence-corrected chi connectivity index (χ2v) is 9.81. The summed E-state index contributed by atoms with van der Waals surface area (Å²) in [5, 5.41) is 16.9. The number of ether oxygens (including phenoxy) is 2. The topological polar surface area (TPSA) is 96.9 Å². The first-order valence-corrected chi connectivity index (χ1v) is 13.4. The molecule has 9 heteroatoms. The summed E-state index contributed by atoms with van der Waals surface area (Å²) in [4.78, 5) is 25.6. The molecule has 4 rings (SSSR count). The summed E-state index contributed by atoms with van der Waals surface area (Å²) in [5.74, 6) is -1.13. The molecule has 3 N–H and O–H groups in total. The third-order valence-corrected chi connectivity index (χ3v) is 6.71. The molecule has 0 saturated heterocycles. The van der Waals surface area contributed by atoms with Gasteiger partial charge in [0.25, 0.3) is 0 Å². The average molecular weight is 553 g/mol. The molecule has 2 atom stereocenters. The van der Waals surface area contributed by atoms with Crippen molar-refractivity contribution in [2.75, 3.05) is 19.8 Å². The first-order chi connectivity index (χ1) is 19.3. The molecule has 0 fully saturated rings. The van der Waals surface area contributed by atoms with E-state index in [0.717, 1.165) is 18.1 Å². The van der Waals surface area contributed by atoms with Crippen molar-refractivity contribution in [3.8, 4) is 11.5 Å². The van der Waals surface area contributed by atoms with Crippen LogP contribution in [0.3, 0.4) is 0 Å². The van der Waals surface area contributed by atoms with Crippen LogP contribution >= 0.6 is 0 Å². The number of aliphatic hydroxyl groups excluding tert-OH is 1. The number of halogens is 2. The normalized spacial score (nSPS) is 13.9. The van der Waals surface area contributed by atoms with Gasteiger partial charge in [-0.2, -0.15) is 0 Å². The zero-order chi connectivity index (χ0) is 28.5. The van der Waals surface area contributed by atoms with Gasteiger partial charge in [0.1, 0.15) is 24.8 Å². The number of Topliss-reactive ketones (excluding diaryl/α,β-unsaturated/α-hetero) is 1. The summed E-state index contributed by atoms with van der Waals surface area (Å²) < 4.78 is 38.6. The third kappa shape index (κ3) is 8.34. The van der Waals surface area contributed by atoms with Gasteiger partial charge in [-0.05, 0) is 59.9 Å². The van der Waals surface area contributed by atoms with Gasteiger partial charge in [-0.1, -0.05) is 31.2 Å². The molecular weight excluding hydrogens is 518 g/mol. The van der Waals surface area contributed by atoms with E-state index in [2.05, 4.69) is 23.6 Å². The Balaban J connectivity index is 1.36. The number of aliphatic hydroxyl groups is 1. The molecule has 212 valence electrons. The van der Waals surface area contributed by atoms with E-state index < -0.39 is 29.7 Å². The van der Waals surface area contributed by atoms with E-state index in [1.807, 2.05) is 18.2 Å². The lowest BCUT2D eigenvalue weighted by Gasteiger charge is -2.25. The maximum Gasteiger partial charge on any atom is 0.220 e. The molecule has 1 aliphatic heterocycles. The number of benzene rings is 3. The van der Waals surface area contributed by atoms with Crippen LogP contribution in [0.1, 0.15) is 46.8 Å². The molecule has 3 aromatic carbocycles. The van der Waals surface area contributed by atoms with Crippen molar-refractivity contribution in [2.45, 2.75) is 51.3 Å². The van der Waals surface area contributed by atoms with Crippen LogP contribution in [-0.2, 0) is 24.2 Å². The first kappa shape index (κ1) is 29.2. The SMILES string of the molecule is CCc1cccc(CNC[C@@H](O)[C@H](Cc2cc(F)cc(F)c2)NC(=O)CCC(=O)c2ccc3c(c2)OCCO3)c1. The number of hydrogen-bond acceptors (Lipinski definition) is 6. The number of fused-ring (bicyclic) bond motifs is 1. The zero-order valence-electron chi connectivity index (χ0n) is 22.4. The summed E-state index contributed by atoms with van der Waals surface area (Å²) in [6, 6.07) is 15.2. The quantitative estimate of drug-likeness (QED) is 0.276. The molecule has 0 bridgehead atoms. The van der Waals surface area contributed by atoms with Crippen molar-refractivity contribution in [3.63, 3.8) is 0 Å². The smallest absolute Gasteiger partial charge is 0.220 e. The van der Waals surface area contributed by atoms with E-state index >= 15 is 0 Å². The number of aryl methyl sites for hydroxylation is 1. The number of hydrogen-bond donors (Lipinski definition) is 3. The van der Waals surface area contributed by atoms with Gasteiger partial charge in [0.15, 0.2) is 17.3 Å². The third-order valence-electron chi connectivity index (χ3n) is 6.71. The molecule has 1 heterocycles. The van der Waals surface area contributed by atoms with E-state index in [9.17, 15) is 23.5 Å². The number of amides is 1. The number of ketones is 1. The summed E-state index contributed by atoms with van der Waals surface area (Å²) in [6.45, 7) is 3.55. The molecule has 0 unspecified atom stereocenters. The highest BCUT2D eigenvalue weighted by atomic mass is 19.1. The van der Waals surface area contributed by atoms with Crippen LogP contribution < -0.4 is 20.1 Å². The van der Waals surface area contributed by atoms with Crippen LogP contribution in [0.4, 0.5) is 8.78 Å². The van der Waals surface area contributed by atoms with Crippen molar-refractivity contribution in [1.29, 1.82) is 0 Å². The van der Waals surface area contributed by atoms with Gasteiger partial charge in [0.2, 0.25) is 5.91 Å². The molecule has 3 aromatic rings. The fourth-order valence-corrected chi connectivity index (χ4v) is 4.60. The fraction of sp³-hybridized carbons (Fsp3) is 0.355. The maximum absolute atomic E-state index is 13.8. The average Bonchev–Trinajstić information content (AvgIpc) is 2.94. The summed E-state index contributed by atoms with van der Waals surface area (Å²) >= 11 is 0. The largest absolute Gasteiger partial charge is 0.486 e. The molecule has 0 aromatic heterocycles. The van der Waals surface area contributed by atoms with Gasteiger partial charge in [0, 0.05) is 37.6 Å². The van der Waals surface area contributed by atoms with E-state index in [4.69, 9.17) is 9.47 Å². The van der Waals surface area contributed by atoms with Crippen LogP contribution in [-0.4, -0.2) is 48.7 Å². The first-order valence-electron chi connectivity index (χ1n) is 13.4. The summed E-state index contributed by atoms with van der Waals surface area (Å²) in [6.07, 6.45) is -0.324. The lowest BCUT2D eigenvalue weighted by atomic mass is 9.99. The van der Waals surface area contributed by atoms with Crippen molar-refractivity contribution >= 4 is 11.7 Å². The molecule has 0 spiro atoms. The molecule has 40 heavy (non-hydrogen) atoms. The number of carbonyl (C=O) groups excluding carboxylic acids is 2. The second-order valence-electron chi connectivity index (χ2n) is 9.81. The van der Waals surface area contributed by atoms with E-state index in [-0.39, 0.29) is 31.6 Å². The van der Waals surface area contributed by atoms with E-state index in [1.165, 1.54) is 17.7 Å². The molecule has 0 aliphatic carbocycles. The highest BCUT2D eigenvalue weighted by molar-refractivity contribution is 5.98. The number of rotatable bonds is 13. The monoisotopic (exact) mass is 552 g/mol. The van der Waals surface area contributed by atoms with Crippen molar-refractivity contribution in [2.24, 2.45) is 0 Å². The van der Waals surface area contributed by atoms with Crippen LogP contribution in [0, 0.1) is 11.6 Å². The number of carbonyl (C=O) groups is 2. The molecule has 0 saturated carbocycles. The van der Waals surface area contributed by atoms with Gasteiger partial charge < -0.3 is 25.2 Å². The fourth-order valence-electron chi connectivity index (χ4n) is 4.60. The highest BCUT2D eigenvalue weighted by Gasteiger charge is 2.23. The van der Waals surface area contributed by atoms with Gasteiger partial charge in [0.05, 0.1) is 12.1 Å². The zero-order valence-corrected chi connectivity index (χ0v) is 22.4. The van der Waals surface area contributed by atoms with Crippen LogP contribution in [0.25, 0.3) is 0 Å². The minimum atomic E-state index is -1.06. The van der Waals surface area contributed by atoms with Crippen LogP contribution in [0.15, 0.2) is 60.7 Å². The van der Waals surface area contributed by atoms with E-state index in [1.54, 1.807) is 18.2 Å². The summed E-state index contributed by atoms with van der Waals surface area (Å²) in [5.41, 5.74) is 2.95. The Kier molecular flexibility index (Phi) is 10.2. The van der Waals surface area contributed by atoms with Crippen molar-refractivity contribution in [1.82, 2.24) is 10.6 Å². The van der Waals surface area contributed by atoms with Crippen molar-refractivity contribution < 1.29 is 33.0 Å². The standard InChI is InChI=1S/C31H34F2N2O5/c1-2-20-4-3-5-21(12-20)18-34-19-28(37)26(15-22-13-24(32)17-25(33)14-22)35-31(38)9-7-27(36)23-6-8-29-30(16-23)40-11-10-39-29/h3-6,8,12-14,16-17,26,28,34,37H,2,7,9-11,15,18-19H2,1H3,(H,35,38)/t26-,28+/m0/s1. The molecule has 1 aliphatic rings. The van der Waals surface area contributed by atoms with Gasteiger partial charge in [-0.3, -0.25) is 9.59 Å². The Hall–Kier alpha value is -3.82. The minimum Gasteiger partial charge on any atom is -0.486 e.